The summed E-state index contributed by atoms with van der Waals surface area (Å²) >= 11 is 3.40. The number of hydrogen-bond donors (Lipinski definition) is 2. The van der Waals surface area contributed by atoms with Crippen LogP contribution in [0, 0.1) is 0 Å². The van der Waals surface area contributed by atoms with Gasteiger partial charge in [-0.15, -0.1) is 0 Å². The van der Waals surface area contributed by atoms with Crippen LogP contribution >= 0.6 is 15.9 Å². The van der Waals surface area contributed by atoms with Crippen LogP contribution in [0.15, 0.2) is 22.7 Å². The van der Waals surface area contributed by atoms with Crippen molar-refractivity contribution in [1.29, 1.82) is 0 Å². The Morgan fingerprint density at radius 1 is 1.44 bits per heavy atom. The Morgan fingerprint density at radius 3 is 2.67 bits per heavy atom. The van der Waals surface area contributed by atoms with E-state index in [2.05, 4.69) is 35.1 Å². The van der Waals surface area contributed by atoms with Crippen LogP contribution in [-0.2, 0) is 11.3 Å². The smallest absolute Gasteiger partial charge is 0.344 e. The van der Waals surface area contributed by atoms with Crippen molar-refractivity contribution >= 4 is 21.9 Å². The summed E-state index contributed by atoms with van der Waals surface area (Å²) in [5.41, 5.74) is 0.936. The maximum absolute atomic E-state index is 10.8. The van der Waals surface area contributed by atoms with E-state index in [9.17, 15) is 4.79 Å². The molecule has 1 aromatic rings. The lowest BCUT2D eigenvalue weighted by molar-refractivity contribution is -0.144. The van der Waals surface area contributed by atoms with E-state index in [1.165, 1.54) is 6.92 Å². The van der Waals surface area contributed by atoms with Gasteiger partial charge in [0.05, 0.1) is 0 Å². The van der Waals surface area contributed by atoms with Crippen molar-refractivity contribution in [3.05, 3.63) is 28.2 Å². The number of rotatable bonds is 6. The standard InChI is InChI=1S/C13H18BrNO3/c1-8(2)15-7-10-6-11(14)4-5-12(10)18-9(3)13(16)17/h4-6,8-9,15H,7H2,1-3H3,(H,16,17). The third-order valence-electron chi connectivity index (χ3n) is 2.37. The summed E-state index contributed by atoms with van der Waals surface area (Å²) in [5.74, 6) is -0.373. The van der Waals surface area contributed by atoms with Crippen LogP contribution in [0.5, 0.6) is 5.75 Å². The predicted molar refractivity (Wildman–Crippen MR) is 73.8 cm³/mol. The normalized spacial score (nSPS) is 12.5. The highest BCUT2D eigenvalue weighted by atomic mass is 79.9. The number of carbonyl (C=O) groups is 1. The zero-order valence-corrected chi connectivity index (χ0v) is 12.3. The lowest BCUT2D eigenvalue weighted by atomic mass is 10.2. The zero-order chi connectivity index (χ0) is 13.7. The van der Waals surface area contributed by atoms with Gasteiger partial charge in [0.2, 0.25) is 0 Å². The molecule has 0 bridgehead atoms. The van der Waals surface area contributed by atoms with Crippen molar-refractivity contribution < 1.29 is 14.6 Å². The molecule has 0 aliphatic rings. The Balaban J connectivity index is 2.85. The summed E-state index contributed by atoms with van der Waals surface area (Å²) in [5, 5.41) is 12.1. The molecule has 1 rings (SSSR count). The Morgan fingerprint density at radius 2 is 2.11 bits per heavy atom. The molecule has 4 nitrogen and oxygen atoms in total. The largest absolute Gasteiger partial charge is 0.479 e. The maximum Gasteiger partial charge on any atom is 0.344 e. The molecule has 0 aliphatic carbocycles. The minimum atomic E-state index is -0.972. The molecule has 5 heteroatoms. The number of aliphatic carboxylic acids is 1. The van der Waals surface area contributed by atoms with Crippen LogP contribution < -0.4 is 10.1 Å². The number of halogens is 1. The molecule has 1 aromatic carbocycles. The molecule has 2 N–H and O–H groups in total. The topological polar surface area (TPSA) is 58.6 Å². The van der Waals surface area contributed by atoms with E-state index in [1.54, 1.807) is 6.07 Å². The van der Waals surface area contributed by atoms with Crippen molar-refractivity contribution in [2.75, 3.05) is 0 Å². The van der Waals surface area contributed by atoms with E-state index in [-0.39, 0.29) is 0 Å². The average Bonchev–Trinajstić information content (AvgIpc) is 2.29. The van der Waals surface area contributed by atoms with E-state index >= 15 is 0 Å². The molecule has 0 radical (unpaired) electrons. The Bertz CT molecular complexity index is 421. The van der Waals surface area contributed by atoms with Gasteiger partial charge < -0.3 is 15.2 Å². The van der Waals surface area contributed by atoms with Crippen LogP contribution in [0.25, 0.3) is 0 Å². The quantitative estimate of drug-likeness (QED) is 0.847. The van der Waals surface area contributed by atoms with Crippen LogP contribution in [-0.4, -0.2) is 23.2 Å². The summed E-state index contributed by atoms with van der Waals surface area (Å²) in [6.07, 6.45) is -0.857. The van der Waals surface area contributed by atoms with Crippen LogP contribution in [0.2, 0.25) is 0 Å². The maximum atomic E-state index is 10.8. The lowest BCUT2D eigenvalue weighted by Crippen LogP contribution is -2.25. The first-order valence-electron chi connectivity index (χ1n) is 5.81. The van der Waals surface area contributed by atoms with Gasteiger partial charge in [-0.3, -0.25) is 0 Å². The van der Waals surface area contributed by atoms with Gasteiger partial charge in [0.25, 0.3) is 0 Å². The van der Waals surface area contributed by atoms with Crippen LogP contribution in [0.4, 0.5) is 0 Å². The van der Waals surface area contributed by atoms with Crippen molar-refractivity contribution in [2.45, 2.75) is 39.5 Å². The zero-order valence-electron chi connectivity index (χ0n) is 10.7. The summed E-state index contributed by atoms with van der Waals surface area (Å²) in [6.45, 7) is 6.26. The van der Waals surface area contributed by atoms with Crippen LogP contribution in [0.1, 0.15) is 26.3 Å². The van der Waals surface area contributed by atoms with E-state index in [0.29, 0.717) is 18.3 Å². The van der Waals surface area contributed by atoms with Crippen molar-refractivity contribution in [1.82, 2.24) is 5.32 Å². The van der Waals surface area contributed by atoms with Gasteiger partial charge in [-0.05, 0) is 25.1 Å². The Labute approximate surface area is 115 Å². The number of hydrogen-bond acceptors (Lipinski definition) is 3. The van der Waals surface area contributed by atoms with E-state index in [1.807, 2.05) is 12.1 Å². The molecule has 1 atom stereocenters. The number of carboxylic acid groups (broad SMARTS) is 1. The van der Waals surface area contributed by atoms with Crippen molar-refractivity contribution in [3.63, 3.8) is 0 Å². The molecule has 18 heavy (non-hydrogen) atoms. The second kappa shape index (κ2) is 6.75. The predicted octanol–water partition coefficient (Wildman–Crippen LogP) is 2.80. The Kier molecular flexibility index (Phi) is 5.62. The highest BCUT2D eigenvalue weighted by Gasteiger charge is 2.15. The van der Waals surface area contributed by atoms with Gasteiger partial charge in [-0.1, -0.05) is 29.8 Å². The third kappa shape index (κ3) is 4.66. The molecule has 0 fully saturated rings. The molecular formula is C13H18BrNO3. The molecule has 0 spiro atoms. The van der Waals surface area contributed by atoms with Gasteiger partial charge in [0, 0.05) is 22.6 Å². The second-order valence-electron chi connectivity index (χ2n) is 4.39. The SMILES string of the molecule is CC(C)NCc1cc(Br)ccc1OC(C)C(=O)O. The van der Waals surface area contributed by atoms with Gasteiger partial charge in [-0.25, -0.2) is 4.79 Å². The molecule has 1 unspecified atom stereocenters. The number of carboxylic acids is 1. The van der Waals surface area contributed by atoms with Crippen molar-refractivity contribution in [2.24, 2.45) is 0 Å². The molecule has 0 aromatic heterocycles. The Hall–Kier alpha value is -1.07. The van der Waals surface area contributed by atoms with E-state index < -0.39 is 12.1 Å². The summed E-state index contributed by atoms with van der Waals surface area (Å²) < 4.78 is 6.38. The minimum absolute atomic E-state index is 0.355. The average molecular weight is 316 g/mol. The van der Waals surface area contributed by atoms with Gasteiger partial charge in [-0.2, -0.15) is 0 Å². The van der Waals surface area contributed by atoms with E-state index in [0.717, 1.165) is 10.0 Å². The fourth-order valence-corrected chi connectivity index (χ4v) is 1.76. The molecule has 0 saturated heterocycles. The molecular weight excluding hydrogens is 298 g/mol. The van der Waals surface area contributed by atoms with Crippen molar-refractivity contribution in [3.8, 4) is 5.75 Å². The molecule has 0 saturated carbocycles. The van der Waals surface area contributed by atoms with Gasteiger partial charge in [0.1, 0.15) is 5.75 Å². The summed E-state index contributed by atoms with van der Waals surface area (Å²) in [6, 6.07) is 5.90. The highest BCUT2D eigenvalue weighted by Crippen LogP contribution is 2.24. The molecule has 0 aliphatic heterocycles. The molecule has 0 heterocycles. The lowest BCUT2D eigenvalue weighted by Gasteiger charge is -2.16. The fourth-order valence-electron chi connectivity index (χ4n) is 1.36. The number of nitrogens with one attached hydrogen (secondary N) is 1. The first kappa shape index (κ1) is 15.0. The van der Waals surface area contributed by atoms with Crippen LogP contribution in [0.3, 0.4) is 0 Å². The monoisotopic (exact) mass is 315 g/mol. The molecule has 100 valence electrons. The first-order valence-corrected chi connectivity index (χ1v) is 6.60. The van der Waals surface area contributed by atoms with Gasteiger partial charge in [0.15, 0.2) is 6.10 Å². The fraction of sp³-hybridized carbons (Fsp3) is 0.462. The minimum Gasteiger partial charge on any atom is -0.479 e. The second-order valence-corrected chi connectivity index (χ2v) is 5.30. The summed E-state index contributed by atoms with van der Waals surface area (Å²) in [4.78, 5) is 10.8. The number of ether oxygens (including phenoxy) is 1. The van der Waals surface area contributed by atoms with E-state index in [4.69, 9.17) is 9.84 Å². The third-order valence-corrected chi connectivity index (χ3v) is 2.87. The first-order chi connectivity index (χ1) is 8.40. The highest BCUT2D eigenvalue weighted by molar-refractivity contribution is 9.10. The summed E-state index contributed by atoms with van der Waals surface area (Å²) in [7, 11) is 0. The number of benzene rings is 1. The van der Waals surface area contributed by atoms with Gasteiger partial charge >= 0.3 is 5.97 Å². The molecule has 0 amide bonds.